The van der Waals surface area contributed by atoms with Crippen LogP contribution in [0.4, 0.5) is 0 Å². The van der Waals surface area contributed by atoms with Gasteiger partial charge in [-0.15, -0.1) is 0 Å². The molecule has 1 N–H and O–H groups in total. The molecule has 0 radical (unpaired) electrons. The molecule has 118 valence electrons. The molecule has 0 heterocycles. The topological polar surface area (TPSA) is 38.3 Å². The van der Waals surface area contributed by atoms with Crippen molar-refractivity contribution < 1.29 is 9.53 Å². The van der Waals surface area contributed by atoms with E-state index in [2.05, 4.69) is 52.1 Å². The highest BCUT2D eigenvalue weighted by atomic mass is 16.5. The second-order valence-corrected chi connectivity index (χ2v) is 7.01. The molecule has 0 spiro atoms. The Morgan fingerprint density at radius 2 is 1.71 bits per heavy atom. The average molecular weight is 291 g/mol. The molecule has 0 unspecified atom stereocenters. The van der Waals surface area contributed by atoms with Crippen LogP contribution in [-0.2, 0) is 10.2 Å². The van der Waals surface area contributed by atoms with Crippen LogP contribution < -0.4 is 10.1 Å². The Morgan fingerprint density at radius 3 is 2.19 bits per heavy atom. The first-order chi connectivity index (χ1) is 9.70. The molecule has 1 atom stereocenters. The zero-order chi connectivity index (χ0) is 16.0. The van der Waals surface area contributed by atoms with Crippen LogP contribution in [0.25, 0.3) is 0 Å². The number of carbonyl (C=O) groups is 1. The smallest absolute Gasteiger partial charge is 0.260 e. The fourth-order valence-electron chi connectivity index (χ4n) is 1.92. The van der Waals surface area contributed by atoms with E-state index in [0.717, 1.165) is 12.2 Å². The van der Waals surface area contributed by atoms with E-state index in [4.69, 9.17) is 4.74 Å². The van der Waals surface area contributed by atoms with E-state index >= 15 is 0 Å². The molecule has 21 heavy (non-hydrogen) atoms. The van der Waals surface area contributed by atoms with Crippen LogP contribution in [0.5, 0.6) is 5.75 Å². The number of ether oxygens (including phenoxy) is 1. The Labute approximate surface area is 129 Å². The summed E-state index contributed by atoms with van der Waals surface area (Å²) in [6.45, 7) is 13.3. The summed E-state index contributed by atoms with van der Waals surface area (Å²) in [7, 11) is 0. The Morgan fingerprint density at radius 1 is 1.14 bits per heavy atom. The minimum atomic E-state index is -0.474. The lowest BCUT2D eigenvalue weighted by Gasteiger charge is -2.20. The monoisotopic (exact) mass is 291 g/mol. The van der Waals surface area contributed by atoms with Gasteiger partial charge >= 0.3 is 0 Å². The molecule has 0 saturated carbocycles. The van der Waals surface area contributed by atoms with Crippen molar-refractivity contribution >= 4 is 5.91 Å². The van der Waals surface area contributed by atoms with Gasteiger partial charge in [0.15, 0.2) is 6.10 Å². The molecule has 0 fully saturated rings. The minimum absolute atomic E-state index is 0.0597. The Kier molecular flexibility index (Phi) is 6.25. The van der Waals surface area contributed by atoms with E-state index in [1.807, 2.05) is 12.1 Å². The summed E-state index contributed by atoms with van der Waals surface area (Å²) in [5.41, 5.74) is 1.38. The first kappa shape index (κ1) is 17.5. The van der Waals surface area contributed by atoms with Crippen LogP contribution in [0.1, 0.15) is 53.5 Å². The summed E-state index contributed by atoms with van der Waals surface area (Å²) < 4.78 is 5.69. The van der Waals surface area contributed by atoms with E-state index in [1.54, 1.807) is 6.92 Å². The number of rotatable bonds is 6. The molecule has 1 aromatic carbocycles. The van der Waals surface area contributed by atoms with Crippen LogP contribution in [0.2, 0.25) is 0 Å². The third-order valence-corrected chi connectivity index (χ3v) is 3.42. The Balaban J connectivity index is 2.50. The summed E-state index contributed by atoms with van der Waals surface area (Å²) >= 11 is 0. The maximum absolute atomic E-state index is 11.9. The largest absolute Gasteiger partial charge is 0.481 e. The van der Waals surface area contributed by atoms with Gasteiger partial charge < -0.3 is 10.1 Å². The molecule has 1 amide bonds. The minimum Gasteiger partial charge on any atom is -0.481 e. The molecule has 0 aliphatic heterocycles. The number of carbonyl (C=O) groups excluding carboxylic acids is 1. The predicted octanol–water partition coefficient (Wildman–Crippen LogP) is 3.91. The quantitative estimate of drug-likeness (QED) is 0.863. The number of hydrogen-bond donors (Lipinski definition) is 1. The van der Waals surface area contributed by atoms with E-state index in [1.165, 1.54) is 5.56 Å². The SMILES string of the molecule is CC(C)CCNC(=O)[C@@H](C)Oc1ccc(C(C)(C)C)cc1. The summed E-state index contributed by atoms with van der Waals surface area (Å²) in [6.07, 6.45) is 0.510. The molecule has 0 aromatic heterocycles. The van der Waals surface area contributed by atoms with Crippen molar-refractivity contribution in [1.29, 1.82) is 0 Å². The van der Waals surface area contributed by atoms with Crippen molar-refractivity contribution in [2.24, 2.45) is 5.92 Å². The van der Waals surface area contributed by atoms with Gasteiger partial charge in [0.25, 0.3) is 5.91 Å². The fraction of sp³-hybridized carbons (Fsp3) is 0.611. The van der Waals surface area contributed by atoms with Crippen molar-refractivity contribution in [3.8, 4) is 5.75 Å². The van der Waals surface area contributed by atoms with Crippen molar-refractivity contribution in [2.45, 2.75) is 59.5 Å². The zero-order valence-electron chi connectivity index (χ0n) is 14.2. The van der Waals surface area contributed by atoms with Gasteiger partial charge in [-0.3, -0.25) is 4.79 Å². The lowest BCUT2D eigenvalue weighted by molar-refractivity contribution is -0.127. The molecule has 1 rings (SSSR count). The third kappa shape index (κ3) is 6.19. The van der Waals surface area contributed by atoms with Crippen molar-refractivity contribution in [1.82, 2.24) is 5.32 Å². The maximum Gasteiger partial charge on any atom is 0.260 e. The van der Waals surface area contributed by atoms with Crippen molar-refractivity contribution in [3.05, 3.63) is 29.8 Å². The second kappa shape index (κ2) is 7.48. The highest BCUT2D eigenvalue weighted by molar-refractivity contribution is 5.80. The standard InChI is InChI=1S/C18H29NO2/c1-13(2)11-12-19-17(20)14(3)21-16-9-7-15(8-10-16)18(4,5)6/h7-10,13-14H,11-12H2,1-6H3,(H,19,20)/t14-/m1/s1. The van der Waals surface area contributed by atoms with Gasteiger partial charge in [-0.25, -0.2) is 0 Å². The molecular weight excluding hydrogens is 262 g/mol. The van der Waals surface area contributed by atoms with Gasteiger partial charge in [0, 0.05) is 6.54 Å². The summed E-state index contributed by atoms with van der Waals surface area (Å²) in [5.74, 6) is 1.26. The number of nitrogens with one attached hydrogen (secondary N) is 1. The van der Waals surface area contributed by atoms with Crippen molar-refractivity contribution in [3.63, 3.8) is 0 Å². The van der Waals surface area contributed by atoms with Crippen LogP contribution >= 0.6 is 0 Å². The van der Waals surface area contributed by atoms with E-state index in [0.29, 0.717) is 12.5 Å². The van der Waals surface area contributed by atoms with E-state index < -0.39 is 6.10 Å². The number of benzene rings is 1. The molecule has 3 heteroatoms. The lowest BCUT2D eigenvalue weighted by Crippen LogP contribution is -2.37. The summed E-state index contributed by atoms with van der Waals surface area (Å²) in [5, 5.41) is 2.91. The molecule has 1 aromatic rings. The van der Waals surface area contributed by atoms with Gasteiger partial charge in [-0.2, -0.15) is 0 Å². The van der Waals surface area contributed by atoms with Gasteiger partial charge in [-0.1, -0.05) is 46.8 Å². The number of hydrogen-bond acceptors (Lipinski definition) is 2. The van der Waals surface area contributed by atoms with Gasteiger partial charge in [0.1, 0.15) is 5.75 Å². The Bertz CT molecular complexity index is 443. The average Bonchev–Trinajstić information content (AvgIpc) is 2.37. The molecule has 0 saturated heterocycles. The highest BCUT2D eigenvalue weighted by Crippen LogP contribution is 2.24. The normalized spacial score (nSPS) is 13.1. The molecule has 3 nitrogen and oxygen atoms in total. The first-order valence-corrected chi connectivity index (χ1v) is 7.75. The fourth-order valence-corrected chi connectivity index (χ4v) is 1.92. The van der Waals surface area contributed by atoms with E-state index in [-0.39, 0.29) is 11.3 Å². The van der Waals surface area contributed by atoms with Gasteiger partial charge in [0.2, 0.25) is 0 Å². The predicted molar refractivity (Wildman–Crippen MR) is 87.7 cm³/mol. The highest BCUT2D eigenvalue weighted by Gasteiger charge is 2.16. The maximum atomic E-state index is 11.9. The zero-order valence-corrected chi connectivity index (χ0v) is 14.2. The molecule has 0 bridgehead atoms. The van der Waals surface area contributed by atoms with Crippen LogP contribution in [-0.4, -0.2) is 18.6 Å². The Hall–Kier alpha value is -1.51. The van der Waals surface area contributed by atoms with Gasteiger partial charge in [-0.05, 0) is 42.4 Å². The summed E-state index contributed by atoms with van der Waals surface area (Å²) in [6, 6.07) is 7.97. The second-order valence-electron chi connectivity index (χ2n) is 7.01. The first-order valence-electron chi connectivity index (χ1n) is 7.75. The third-order valence-electron chi connectivity index (χ3n) is 3.42. The van der Waals surface area contributed by atoms with Crippen LogP contribution in [0.15, 0.2) is 24.3 Å². The molecular formula is C18H29NO2. The number of amides is 1. The summed E-state index contributed by atoms with van der Waals surface area (Å²) in [4.78, 5) is 11.9. The van der Waals surface area contributed by atoms with Crippen molar-refractivity contribution in [2.75, 3.05) is 6.54 Å². The lowest BCUT2D eigenvalue weighted by atomic mass is 9.87. The van der Waals surface area contributed by atoms with Crippen LogP contribution in [0, 0.1) is 5.92 Å². The molecule has 0 aliphatic rings. The van der Waals surface area contributed by atoms with Crippen LogP contribution in [0.3, 0.4) is 0 Å². The van der Waals surface area contributed by atoms with Gasteiger partial charge in [0.05, 0.1) is 0 Å². The van der Waals surface area contributed by atoms with E-state index in [9.17, 15) is 4.79 Å². The molecule has 0 aliphatic carbocycles.